The summed E-state index contributed by atoms with van der Waals surface area (Å²) in [6.07, 6.45) is 8.36. The molecule has 1 aliphatic carbocycles. The SMILES string of the molecule is c1ccc(CCC[C@@H]2CN(C3CCC3)CCO2)cc1. The molecule has 3 rings (SSSR count). The summed E-state index contributed by atoms with van der Waals surface area (Å²) in [5.41, 5.74) is 1.45. The van der Waals surface area contributed by atoms with Gasteiger partial charge in [-0.3, -0.25) is 4.90 Å². The van der Waals surface area contributed by atoms with Crippen LogP contribution in [-0.4, -0.2) is 36.7 Å². The highest BCUT2D eigenvalue weighted by Crippen LogP contribution is 2.27. The van der Waals surface area contributed by atoms with Crippen LogP contribution in [-0.2, 0) is 11.2 Å². The molecule has 104 valence electrons. The van der Waals surface area contributed by atoms with Crippen LogP contribution in [0.3, 0.4) is 0 Å². The predicted octanol–water partition coefficient (Wildman–Crippen LogP) is 3.26. The molecule has 0 amide bonds. The second-order valence-corrected chi connectivity index (χ2v) is 5.95. The Morgan fingerprint density at radius 1 is 1.16 bits per heavy atom. The average Bonchev–Trinajstić information content (AvgIpc) is 2.38. The summed E-state index contributed by atoms with van der Waals surface area (Å²) in [6, 6.07) is 11.7. The van der Waals surface area contributed by atoms with Crippen molar-refractivity contribution in [3.05, 3.63) is 35.9 Å². The third-order valence-electron chi connectivity index (χ3n) is 4.60. The molecule has 1 saturated carbocycles. The fraction of sp³-hybridized carbons (Fsp3) is 0.647. The van der Waals surface area contributed by atoms with Crippen molar-refractivity contribution in [2.75, 3.05) is 19.7 Å². The van der Waals surface area contributed by atoms with Crippen LogP contribution >= 0.6 is 0 Å². The number of ether oxygens (including phenoxy) is 1. The standard InChI is InChI=1S/C17H25NO/c1-2-6-15(7-3-1)8-4-11-17-14-18(12-13-19-17)16-9-5-10-16/h1-3,6-7,16-17H,4-5,8-14H2/t17-/m1/s1. The van der Waals surface area contributed by atoms with Crippen LogP contribution in [0.1, 0.15) is 37.7 Å². The van der Waals surface area contributed by atoms with E-state index in [-0.39, 0.29) is 0 Å². The topological polar surface area (TPSA) is 12.5 Å². The second-order valence-electron chi connectivity index (χ2n) is 5.95. The molecule has 1 atom stereocenters. The van der Waals surface area contributed by atoms with Gasteiger partial charge in [-0.15, -0.1) is 0 Å². The van der Waals surface area contributed by atoms with Crippen molar-refractivity contribution in [1.29, 1.82) is 0 Å². The van der Waals surface area contributed by atoms with E-state index in [0.717, 1.165) is 19.2 Å². The summed E-state index contributed by atoms with van der Waals surface area (Å²) >= 11 is 0. The lowest BCUT2D eigenvalue weighted by Crippen LogP contribution is -2.50. The summed E-state index contributed by atoms with van der Waals surface area (Å²) < 4.78 is 5.92. The van der Waals surface area contributed by atoms with Gasteiger partial charge < -0.3 is 4.74 Å². The highest BCUT2D eigenvalue weighted by Gasteiger charge is 2.29. The third kappa shape index (κ3) is 3.58. The Balaban J connectivity index is 1.40. The van der Waals surface area contributed by atoms with Gasteiger partial charge in [0.1, 0.15) is 0 Å². The van der Waals surface area contributed by atoms with Crippen molar-refractivity contribution in [2.45, 2.75) is 50.7 Å². The normalized spacial score (nSPS) is 25.2. The summed E-state index contributed by atoms with van der Waals surface area (Å²) in [5.74, 6) is 0. The van der Waals surface area contributed by atoms with Crippen molar-refractivity contribution in [1.82, 2.24) is 4.90 Å². The Labute approximate surface area is 116 Å². The van der Waals surface area contributed by atoms with Crippen LogP contribution < -0.4 is 0 Å². The van der Waals surface area contributed by atoms with Crippen LogP contribution in [0.5, 0.6) is 0 Å². The zero-order valence-corrected chi connectivity index (χ0v) is 11.8. The molecule has 2 nitrogen and oxygen atoms in total. The first kappa shape index (κ1) is 13.1. The zero-order valence-electron chi connectivity index (χ0n) is 11.8. The molecule has 0 unspecified atom stereocenters. The molecule has 2 fully saturated rings. The van der Waals surface area contributed by atoms with Gasteiger partial charge in [0, 0.05) is 19.1 Å². The molecular weight excluding hydrogens is 234 g/mol. The maximum absolute atomic E-state index is 5.92. The molecule has 0 N–H and O–H groups in total. The molecule has 0 radical (unpaired) electrons. The maximum Gasteiger partial charge on any atom is 0.0702 e. The highest BCUT2D eigenvalue weighted by molar-refractivity contribution is 5.14. The Kier molecular flexibility index (Phi) is 4.52. The van der Waals surface area contributed by atoms with Gasteiger partial charge in [-0.05, 0) is 37.7 Å². The van der Waals surface area contributed by atoms with Crippen molar-refractivity contribution in [2.24, 2.45) is 0 Å². The summed E-state index contributed by atoms with van der Waals surface area (Å²) in [6.45, 7) is 3.26. The minimum atomic E-state index is 0.470. The first-order valence-corrected chi connectivity index (χ1v) is 7.81. The van der Waals surface area contributed by atoms with Gasteiger partial charge in [0.2, 0.25) is 0 Å². The predicted molar refractivity (Wildman–Crippen MR) is 78.3 cm³/mol. The molecule has 1 heterocycles. The van der Waals surface area contributed by atoms with Gasteiger partial charge in [0.05, 0.1) is 12.7 Å². The monoisotopic (exact) mass is 259 g/mol. The van der Waals surface area contributed by atoms with Crippen LogP contribution in [0.25, 0.3) is 0 Å². The lowest BCUT2D eigenvalue weighted by atomic mass is 9.90. The van der Waals surface area contributed by atoms with E-state index >= 15 is 0 Å². The summed E-state index contributed by atoms with van der Waals surface area (Å²) in [5, 5.41) is 0. The number of hydrogen-bond acceptors (Lipinski definition) is 2. The van der Waals surface area contributed by atoms with E-state index in [1.807, 2.05) is 0 Å². The molecule has 1 saturated heterocycles. The van der Waals surface area contributed by atoms with Crippen LogP contribution in [0.15, 0.2) is 30.3 Å². The van der Waals surface area contributed by atoms with Gasteiger partial charge in [0.25, 0.3) is 0 Å². The molecule has 2 aliphatic rings. The molecule has 2 heteroatoms. The summed E-state index contributed by atoms with van der Waals surface area (Å²) in [4.78, 5) is 2.67. The van der Waals surface area contributed by atoms with E-state index in [2.05, 4.69) is 35.2 Å². The van der Waals surface area contributed by atoms with Gasteiger partial charge in [-0.1, -0.05) is 36.8 Å². The van der Waals surface area contributed by atoms with Gasteiger partial charge in [-0.2, -0.15) is 0 Å². The Morgan fingerprint density at radius 2 is 2.00 bits per heavy atom. The molecule has 0 aromatic heterocycles. The maximum atomic E-state index is 5.92. The van der Waals surface area contributed by atoms with E-state index in [9.17, 15) is 0 Å². The average molecular weight is 259 g/mol. The number of aryl methyl sites for hydroxylation is 1. The molecule has 1 aliphatic heterocycles. The van der Waals surface area contributed by atoms with Crippen molar-refractivity contribution >= 4 is 0 Å². The van der Waals surface area contributed by atoms with E-state index in [1.54, 1.807) is 0 Å². The van der Waals surface area contributed by atoms with E-state index < -0.39 is 0 Å². The fourth-order valence-electron chi connectivity index (χ4n) is 3.18. The number of morpholine rings is 1. The summed E-state index contributed by atoms with van der Waals surface area (Å²) in [7, 11) is 0. The molecule has 1 aromatic rings. The van der Waals surface area contributed by atoms with E-state index in [4.69, 9.17) is 4.74 Å². The Hall–Kier alpha value is -0.860. The minimum Gasteiger partial charge on any atom is -0.376 e. The smallest absolute Gasteiger partial charge is 0.0702 e. The van der Waals surface area contributed by atoms with Crippen LogP contribution in [0, 0.1) is 0 Å². The molecule has 0 spiro atoms. The number of nitrogens with zero attached hydrogens (tertiary/aromatic N) is 1. The van der Waals surface area contributed by atoms with Gasteiger partial charge in [-0.25, -0.2) is 0 Å². The Bertz CT molecular complexity index is 374. The van der Waals surface area contributed by atoms with Gasteiger partial charge >= 0.3 is 0 Å². The van der Waals surface area contributed by atoms with Crippen molar-refractivity contribution in [3.8, 4) is 0 Å². The number of benzene rings is 1. The molecular formula is C17H25NO. The fourth-order valence-corrected chi connectivity index (χ4v) is 3.18. The quantitative estimate of drug-likeness (QED) is 0.804. The molecule has 19 heavy (non-hydrogen) atoms. The Morgan fingerprint density at radius 3 is 2.74 bits per heavy atom. The minimum absolute atomic E-state index is 0.470. The first-order chi connectivity index (χ1) is 9.42. The second kappa shape index (κ2) is 6.53. The van der Waals surface area contributed by atoms with Crippen molar-refractivity contribution < 1.29 is 4.74 Å². The van der Waals surface area contributed by atoms with Crippen LogP contribution in [0.4, 0.5) is 0 Å². The third-order valence-corrected chi connectivity index (χ3v) is 4.60. The van der Waals surface area contributed by atoms with Gasteiger partial charge in [0.15, 0.2) is 0 Å². The van der Waals surface area contributed by atoms with Crippen molar-refractivity contribution in [3.63, 3.8) is 0 Å². The highest BCUT2D eigenvalue weighted by atomic mass is 16.5. The van der Waals surface area contributed by atoms with E-state index in [0.29, 0.717) is 6.10 Å². The number of hydrogen-bond donors (Lipinski definition) is 0. The van der Waals surface area contributed by atoms with E-state index in [1.165, 1.54) is 50.6 Å². The number of rotatable bonds is 5. The zero-order chi connectivity index (χ0) is 12.9. The lowest BCUT2D eigenvalue weighted by Gasteiger charge is -2.42. The molecule has 1 aromatic carbocycles. The first-order valence-electron chi connectivity index (χ1n) is 7.81. The van der Waals surface area contributed by atoms with Crippen LogP contribution in [0.2, 0.25) is 0 Å². The largest absolute Gasteiger partial charge is 0.376 e. The lowest BCUT2D eigenvalue weighted by molar-refractivity contribution is -0.0582. The molecule has 0 bridgehead atoms.